The fraction of sp³-hybridized carbons (Fsp3) is 0.364. The van der Waals surface area contributed by atoms with Gasteiger partial charge in [-0.05, 0) is 29.5 Å². The maximum atomic E-state index is 13.3. The van der Waals surface area contributed by atoms with Gasteiger partial charge in [0.05, 0.1) is 5.92 Å². The van der Waals surface area contributed by atoms with Crippen LogP contribution in [0.5, 0.6) is 0 Å². The Morgan fingerprint density at radius 1 is 1.40 bits per heavy atom. The number of carboxylic acids is 1. The Morgan fingerprint density at radius 2 is 2.13 bits per heavy atom. The molecule has 1 N–H and O–H groups in total. The number of rotatable bonds is 1. The molecule has 1 aromatic rings. The summed E-state index contributed by atoms with van der Waals surface area (Å²) in [4.78, 5) is 10.8. The van der Waals surface area contributed by atoms with Crippen molar-refractivity contribution in [2.45, 2.75) is 12.3 Å². The van der Waals surface area contributed by atoms with Gasteiger partial charge in [-0.25, -0.2) is 8.78 Å². The van der Waals surface area contributed by atoms with Crippen molar-refractivity contribution in [2.24, 2.45) is 11.8 Å². The zero-order chi connectivity index (χ0) is 10.7. The van der Waals surface area contributed by atoms with Crippen molar-refractivity contribution in [3.8, 4) is 0 Å². The van der Waals surface area contributed by atoms with Crippen molar-refractivity contribution in [1.82, 2.24) is 0 Å². The predicted molar refractivity (Wildman–Crippen MR) is 47.4 cm³/mol. The lowest BCUT2D eigenvalue weighted by Gasteiger charge is -2.06. The van der Waals surface area contributed by atoms with Crippen LogP contribution in [0.3, 0.4) is 0 Å². The highest BCUT2D eigenvalue weighted by Crippen LogP contribution is 2.61. The molecule has 1 aromatic carbocycles. The maximum absolute atomic E-state index is 13.3. The molecule has 0 radical (unpaired) electrons. The highest BCUT2D eigenvalue weighted by Gasteiger charge is 2.60. The first-order valence-electron chi connectivity index (χ1n) is 4.80. The zero-order valence-electron chi connectivity index (χ0n) is 7.71. The van der Waals surface area contributed by atoms with Gasteiger partial charge in [-0.1, -0.05) is 0 Å². The smallest absolute Gasteiger partial charge is 0.307 e. The number of hydrogen-bond acceptors (Lipinski definition) is 1. The maximum Gasteiger partial charge on any atom is 0.307 e. The van der Waals surface area contributed by atoms with E-state index in [1.807, 2.05) is 0 Å². The van der Waals surface area contributed by atoms with Crippen LogP contribution in [-0.4, -0.2) is 11.1 Å². The monoisotopic (exact) mass is 210 g/mol. The van der Waals surface area contributed by atoms with Crippen molar-refractivity contribution in [1.29, 1.82) is 0 Å². The molecule has 0 heterocycles. The molecular formula is C11H8F2O2. The average Bonchev–Trinajstić information content (AvgIpc) is 2.74. The summed E-state index contributed by atoms with van der Waals surface area (Å²) < 4.78 is 26.2. The summed E-state index contributed by atoms with van der Waals surface area (Å²) in [5, 5.41) is 8.84. The molecule has 0 aromatic heterocycles. The lowest BCUT2D eigenvalue weighted by molar-refractivity contribution is -0.139. The highest BCUT2D eigenvalue weighted by molar-refractivity contribution is 5.77. The van der Waals surface area contributed by atoms with Crippen molar-refractivity contribution in [3.05, 3.63) is 34.9 Å². The number of hydrogen-bond donors (Lipinski definition) is 1. The quantitative estimate of drug-likeness (QED) is 0.769. The summed E-state index contributed by atoms with van der Waals surface area (Å²) in [7, 11) is 0. The molecule has 1 fully saturated rings. The van der Waals surface area contributed by atoms with Crippen molar-refractivity contribution in [2.75, 3.05) is 0 Å². The summed E-state index contributed by atoms with van der Waals surface area (Å²) in [6.07, 6.45) is 0.434. The molecule has 0 aliphatic heterocycles. The van der Waals surface area contributed by atoms with Crippen molar-refractivity contribution < 1.29 is 18.7 Å². The van der Waals surface area contributed by atoms with Crippen LogP contribution in [-0.2, 0) is 11.2 Å². The van der Waals surface area contributed by atoms with E-state index in [9.17, 15) is 13.6 Å². The number of carbonyl (C=O) groups is 1. The van der Waals surface area contributed by atoms with Gasteiger partial charge in [-0.15, -0.1) is 0 Å². The molecule has 15 heavy (non-hydrogen) atoms. The molecule has 4 heteroatoms. The van der Waals surface area contributed by atoms with Gasteiger partial charge in [-0.2, -0.15) is 0 Å². The Labute approximate surface area is 84.5 Å². The molecule has 0 spiro atoms. The fourth-order valence-corrected chi connectivity index (χ4v) is 2.76. The van der Waals surface area contributed by atoms with E-state index < -0.39 is 23.5 Å². The average molecular weight is 210 g/mol. The summed E-state index contributed by atoms with van der Waals surface area (Å²) in [5.41, 5.74) is 1.06. The summed E-state index contributed by atoms with van der Waals surface area (Å²) in [6.45, 7) is 0. The van der Waals surface area contributed by atoms with Crippen LogP contribution < -0.4 is 0 Å². The summed E-state index contributed by atoms with van der Waals surface area (Å²) >= 11 is 0. The van der Waals surface area contributed by atoms with Crippen LogP contribution in [0.25, 0.3) is 0 Å². The van der Waals surface area contributed by atoms with Gasteiger partial charge in [0.25, 0.3) is 0 Å². The first-order chi connectivity index (χ1) is 7.09. The van der Waals surface area contributed by atoms with Crippen LogP contribution in [0.15, 0.2) is 12.1 Å². The predicted octanol–water partition coefficient (Wildman–Crippen LogP) is 1.94. The van der Waals surface area contributed by atoms with Gasteiger partial charge in [0.15, 0.2) is 0 Å². The molecule has 3 unspecified atom stereocenters. The third-order valence-corrected chi connectivity index (χ3v) is 3.45. The molecule has 0 bridgehead atoms. The van der Waals surface area contributed by atoms with E-state index in [2.05, 4.69) is 0 Å². The van der Waals surface area contributed by atoms with E-state index in [-0.39, 0.29) is 11.8 Å². The molecule has 78 valence electrons. The van der Waals surface area contributed by atoms with Crippen molar-refractivity contribution >= 4 is 5.97 Å². The largest absolute Gasteiger partial charge is 0.481 e. The Bertz CT molecular complexity index is 470. The fourth-order valence-electron chi connectivity index (χ4n) is 2.76. The number of aliphatic carboxylic acids is 1. The minimum Gasteiger partial charge on any atom is -0.481 e. The first-order valence-corrected chi connectivity index (χ1v) is 4.80. The van der Waals surface area contributed by atoms with Gasteiger partial charge in [0, 0.05) is 12.0 Å². The third kappa shape index (κ3) is 1.05. The van der Waals surface area contributed by atoms with Crippen LogP contribution in [0.2, 0.25) is 0 Å². The normalized spacial score (nSPS) is 30.9. The molecule has 2 aliphatic carbocycles. The van der Waals surface area contributed by atoms with Gasteiger partial charge >= 0.3 is 5.97 Å². The minimum absolute atomic E-state index is 0.0196. The van der Waals surface area contributed by atoms with E-state index in [4.69, 9.17) is 5.11 Å². The minimum atomic E-state index is -0.861. The SMILES string of the molecule is O=C(O)C1C2Cc3c(F)cc(F)cc3C21. The Morgan fingerprint density at radius 3 is 2.80 bits per heavy atom. The van der Waals surface area contributed by atoms with E-state index in [0.717, 1.165) is 6.07 Å². The Hall–Kier alpha value is -1.45. The lowest BCUT2D eigenvalue weighted by Crippen LogP contribution is -2.06. The second kappa shape index (κ2) is 2.56. The third-order valence-electron chi connectivity index (χ3n) is 3.45. The molecule has 2 nitrogen and oxygen atoms in total. The van der Waals surface area contributed by atoms with Crippen LogP contribution in [0.4, 0.5) is 8.78 Å². The number of halogens is 2. The number of benzene rings is 1. The van der Waals surface area contributed by atoms with Gasteiger partial charge < -0.3 is 5.11 Å². The van der Waals surface area contributed by atoms with Gasteiger partial charge in [0.1, 0.15) is 11.6 Å². The standard InChI is InChI=1S/C11H8F2O2/c12-4-1-6-5(8(13)2-4)3-7-9(6)10(7)11(14)15/h1-2,7,9-10H,3H2,(H,14,15). The second-order valence-electron chi connectivity index (χ2n) is 4.21. The lowest BCUT2D eigenvalue weighted by atomic mass is 10.0. The highest BCUT2D eigenvalue weighted by atomic mass is 19.1. The molecule has 3 atom stereocenters. The van der Waals surface area contributed by atoms with E-state index in [0.29, 0.717) is 17.5 Å². The molecule has 0 saturated heterocycles. The molecule has 3 rings (SSSR count). The molecular weight excluding hydrogens is 202 g/mol. The topological polar surface area (TPSA) is 37.3 Å². The van der Waals surface area contributed by atoms with Gasteiger partial charge in [-0.3, -0.25) is 4.79 Å². The van der Waals surface area contributed by atoms with Crippen molar-refractivity contribution in [3.63, 3.8) is 0 Å². The van der Waals surface area contributed by atoms with Crippen LogP contribution in [0.1, 0.15) is 17.0 Å². The first kappa shape index (κ1) is 8.83. The summed E-state index contributed by atoms with van der Waals surface area (Å²) in [6, 6.07) is 2.13. The Kier molecular flexibility index (Phi) is 1.51. The second-order valence-corrected chi connectivity index (χ2v) is 4.21. The number of carboxylic acid groups (broad SMARTS) is 1. The molecule has 2 aliphatic rings. The summed E-state index contributed by atoms with van der Waals surface area (Å²) in [5.74, 6) is -2.64. The van der Waals surface area contributed by atoms with Gasteiger partial charge in [0.2, 0.25) is 0 Å². The van der Waals surface area contributed by atoms with E-state index in [1.54, 1.807) is 0 Å². The zero-order valence-corrected chi connectivity index (χ0v) is 7.71. The molecule has 1 saturated carbocycles. The van der Waals surface area contributed by atoms with E-state index >= 15 is 0 Å². The van der Waals surface area contributed by atoms with Crippen LogP contribution in [0, 0.1) is 23.5 Å². The van der Waals surface area contributed by atoms with Crippen LogP contribution >= 0.6 is 0 Å². The number of fused-ring (bicyclic) bond motifs is 3. The van der Waals surface area contributed by atoms with E-state index in [1.165, 1.54) is 6.07 Å². The molecule has 0 amide bonds. The Balaban J connectivity index is 2.05.